The van der Waals surface area contributed by atoms with Crippen LogP contribution in [-0.4, -0.2) is 5.78 Å². The number of hydrogen-bond acceptors (Lipinski definition) is 1. The molecule has 0 spiro atoms. The van der Waals surface area contributed by atoms with Crippen LogP contribution in [0.5, 0.6) is 0 Å². The van der Waals surface area contributed by atoms with Crippen molar-refractivity contribution in [3.05, 3.63) is 0 Å². The molecule has 15 heavy (non-hydrogen) atoms. The van der Waals surface area contributed by atoms with Crippen molar-refractivity contribution >= 4 is 5.78 Å². The zero-order chi connectivity index (χ0) is 11.1. The Morgan fingerprint density at radius 1 is 1.13 bits per heavy atom. The molecule has 0 N–H and O–H groups in total. The van der Waals surface area contributed by atoms with Crippen LogP contribution in [0.15, 0.2) is 0 Å². The third-order valence-corrected chi connectivity index (χ3v) is 4.60. The molecular formula is C14H24O. The lowest BCUT2D eigenvalue weighted by molar-refractivity contribution is -0.130. The molecule has 0 aromatic rings. The van der Waals surface area contributed by atoms with E-state index in [1.807, 2.05) is 0 Å². The largest absolute Gasteiger partial charge is 0.299 e. The first-order valence-electron chi connectivity index (χ1n) is 6.61. The summed E-state index contributed by atoms with van der Waals surface area (Å²) in [6.07, 6.45) is 7.05. The highest BCUT2D eigenvalue weighted by Crippen LogP contribution is 2.53. The van der Waals surface area contributed by atoms with Crippen LogP contribution in [0.2, 0.25) is 0 Å². The van der Waals surface area contributed by atoms with E-state index in [0.717, 1.165) is 31.1 Å². The van der Waals surface area contributed by atoms with Gasteiger partial charge >= 0.3 is 0 Å². The van der Waals surface area contributed by atoms with Gasteiger partial charge in [0.25, 0.3) is 0 Å². The molecule has 0 bridgehead atoms. The van der Waals surface area contributed by atoms with Gasteiger partial charge in [-0.1, -0.05) is 20.8 Å². The summed E-state index contributed by atoms with van der Waals surface area (Å²) in [5, 5.41) is 0. The third-order valence-electron chi connectivity index (χ3n) is 4.60. The predicted octanol–water partition coefficient (Wildman–Crippen LogP) is 3.82. The third kappa shape index (κ3) is 2.11. The van der Waals surface area contributed by atoms with Crippen LogP contribution < -0.4 is 0 Å². The van der Waals surface area contributed by atoms with Gasteiger partial charge in [-0.3, -0.25) is 4.79 Å². The van der Waals surface area contributed by atoms with E-state index in [1.54, 1.807) is 0 Å². The number of carbonyl (C=O) groups excluding carboxylic acids is 1. The van der Waals surface area contributed by atoms with E-state index in [4.69, 9.17) is 0 Å². The molecule has 0 heterocycles. The van der Waals surface area contributed by atoms with Crippen molar-refractivity contribution in [2.45, 2.75) is 59.3 Å². The van der Waals surface area contributed by atoms with Gasteiger partial charge in [-0.05, 0) is 50.4 Å². The first kappa shape index (κ1) is 11.2. The van der Waals surface area contributed by atoms with Crippen LogP contribution in [0.25, 0.3) is 0 Å². The van der Waals surface area contributed by atoms with Gasteiger partial charge < -0.3 is 0 Å². The number of carbonyl (C=O) groups is 1. The molecule has 2 fully saturated rings. The van der Waals surface area contributed by atoms with Gasteiger partial charge in [0.15, 0.2) is 0 Å². The molecule has 0 aromatic carbocycles. The van der Waals surface area contributed by atoms with E-state index in [-0.39, 0.29) is 5.41 Å². The second-order valence-corrected chi connectivity index (χ2v) is 6.11. The van der Waals surface area contributed by atoms with E-state index in [0.29, 0.717) is 11.7 Å². The maximum Gasteiger partial charge on any atom is 0.142 e. The molecule has 0 aliphatic heterocycles. The van der Waals surface area contributed by atoms with Gasteiger partial charge in [0.1, 0.15) is 5.78 Å². The van der Waals surface area contributed by atoms with Gasteiger partial charge in [0.2, 0.25) is 0 Å². The van der Waals surface area contributed by atoms with Gasteiger partial charge in [0.05, 0.1) is 0 Å². The normalized spacial score (nSPS) is 38.7. The van der Waals surface area contributed by atoms with Crippen LogP contribution in [0.1, 0.15) is 59.3 Å². The standard InChI is InChI=1S/C14H24O/c1-4-14(5-6-14)13(15)12-8-10(2)7-11(3)9-12/h10-12H,4-9H2,1-3H3. The van der Waals surface area contributed by atoms with E-state index in [9.17, 15) is 4.79 Å². The molecule has 2 aliphatic rings. The van der Waals surface area contributed by atoms with E-state index < -0.39 is 0 Å². The molecule has 1 nitrogen and oxygen atoms in total. The Bertz CT molecular complexity index is 242. The Hall–Kier alpha value is -0.330. The Balaban J connectivity index is 2.01. The van der Waals surface area contributed by atoms with Crippen molar-refractivity contribution in [1.82, 2.24) is 0 Å². The quantitative estimate of drug-likeness (QED) is 0.689. The summed E-state index contributed by atoms with van der Waals surface area (Å²) in [6.45, 7) is 6.80. The van der Waals surface area contributed by atoms with Crippen molar-refractivity contribution in [3.63, 3.8) is 0 Å². The molecule has 2 saturated carbocycles. The fourth-order valence-corrected chi connectivity index (χ4v) is 3.52. The van der Waals surface area contributed by atoms with Crippen molar-refractivity contribution in [1.29, 1.82) is 0 Å². The van der Waals surface area contributed by atoms with Gasteiger partial charge in [-0.25, -0.2) is 0 Å². The van der Waals surface area contributed by atoms with Gasteiger partial charge in [0, 0.05) is 11.3 Å². The molecule has 1 heteroatoms. The Morgan fingerprint density at radius 2 is 1.67 bits per heavy atom. The lowest BCUT2D eigenvalue weighted by Gasteiger charge is -2.32. The van der Waals surface area contributed by atoms with E-state index in [1.165, 1.54) is 19.3 Å². The topological polar surface area (TPSA) is 17.1 Å². The molecule has 86 valence electrons. The zero-order valence-corrected chi connectivity index (χ0v) is 10.4. The average Bonchev–Trinajstić information content (AvgIpc) is 2.95. The summed E-state index contributed by atoms with van der Waals surface area (Å²) in [4.78, 5) is 12.4. The van der Waals surface area contributed by atoms with Crippen molar-refractivity contribution < 1.29 is 4.79 Å². The van der Waals surface area contributed by atoms with Crippen LogP contribution in [0, 0.1) is 23.2 Å². The number of Topliss-reactive ketones (excluding diaryl/α,β-unsaturated/α-hetero) is 1. The Labute approximate surface area is 93.6 Å². The number of hydrogen-bond donors (Lipinski definition) is 0. The first-order valence-corrected chi connectivity index (χ1v) is 6.61. The highest BCUT2D eigenvalue weighted by atomic mass is 16.1. The summed E-state index contributed by atoms with van der Waals surface area (Å²) >= 11 is 0. The van der Waals surface area contributed by atoms with Crippen LogP contribution >= 0.6 is 0 Å². The van der Waals surface area contributed by atoms with E-state index >= 15 is 0 Å². The maximum atomic E-state index is 12.4. The maximum absolute atomic E-state index is 12.4. The molecular weight excluding hydrogens is 184 g/mol. The van der Waals surface area contributed by atoms with Crippen molar-refractivity contribution in [2.24, 2.45) is 23.2 Å². The van der Waals surface area contributed by atoms with Crippen molar-refractivity contribution in [3.8, 4) is 0 Å². The molecule has 0 aromatic heterocycles. The summed E-state index contributed by atoms with van der Waals surface area (Å²) in [7, 11) is 0. The molecule has 0 saturated heterocycles. The number of ketones is 1. The fourth-order valence-electron chi connectivity index (χ4n) is 3.52. The minimum Gasteiger partial charge on any atom is -0.299 e. The molecule has 0 radical (unpaired) electrons. The fraction of sp³-hybridized carbons (Fsp3) is 0.929. The SMILES string of the molecule is CCC1(C(=O)C2CC(C)CC(C)C2)CC1. The monoisotopic (exact) mass is 208 g/mol. The van der Waals surface area contributed by atoms with E-state index in [2.05, 4.69) is 20.8 Å². The lowest BCUT2D eigenvalue weighted by Crippen LogP contribution is -2.31. The highest BCUT2D eigenvalue weighted by Gasteiger charge is 2.50. The molecule has 2 aliphatic carbocycles. The lowest BCUT2D eigenvalue weighted by atomic mass is 9.72. The summed E-state index contributed by atoms with van der Waals surface area (Å²) in [5.41, 5.74) is 0.140. The van der Waals surface area contributed by atoms with Crippen LogP contribution in [0.3, 0.4) is 0 Å². The highest BCUT2D eigenvalue weighted by molar-refractivity contribution is 5.89. The average molecular weight is 208 g/mol. The second-order valence-electron chi connectivity index (χ2n) is 6.11. The van der Waals surface area contributed by atoms with Crippen molar-refractivity contribution in [2.75, 3.05) is 0 Å². The molecule has 2 unspecified atom stereocenters. The predicted molar refractivity (Wildman–Crippen MR) is 62.6 cm³/mol. The van der Waals surface area contributed by atoms with Gasteiger partial charge in [-0.2, -0.15) is 0 Å². The number of rotatable bonds is 3. The smallest absolute Gasteiger partial charge is 0.142 e. The molecule has 0 amide bonds. The summed E-state index contributed by atoms with van der Waals surface area (Å²) < 4.78 is 0. The summed E-state index contributed by atoms with van der Waals surface area (Å²) in [6, 6.07) is 0. The van der Waals surface area contributed by atoms with Gasteiger partial charge in [-0.15, -0.1) is 0 Å². The summed E-state index contributed by atoms with van der Waals surface area (Å²) in [5.74, 6) is 2.53. The molecule has 2 rings (SSSR count). The zero-order valence-electron chi connectivity index (χ0n) is 10.4. The second kappa shape index (κ2) is 3.92. The minimum absolute atomic E-state index is 0.140. The minimum atomic E-state index is 0.140. The van der Waals surface area contributed by atoms with Crippen LogP contribution in [-0.2, 0) is 4.79 Å². The van der Waals surface area contributed by atoms with Crippen LogP contribution in [0.4, 0.5) is 0 Å². The molecule has 2 atom stereocenters. The Kier molecular flexibility index (Phi) is 2.92. The Morgan fingerprint density at radius 3 is 2.07 bits per heavy atom. The first-order chi connectivity index (χ1) is 7.07.